The summed E-state index contributed by atoms with van der Waals surface area (Å²) in [6.07, 6.45) is -4.82. The Morgan fingerprint density at radius 3 is 2.41 bits per heavy atom. The fourth-order valence-electron chi connectivity index (χ4n) is 1.90. The second-order valence-corrected chi connectivity index (χ2v) is 6.34. The van der Waals surface area contributed by atoms with Crippen molar-refractivity contribution < 1.29 is 27.4 Å². The molecule has 0 bridgehead atoms. The summed E-state index contributed by atoms with van der Waals surface area (Å²) >= 11 is 0. The van der Waals surface area contributed by atoms with Gasteiger partial charge in [-0.1, -0.05) is 6.07 Å². The zero-order valence-electron chi connectivity index (χ0n) is 14.8. The van der Waals surface area contributed by atoms with E-state index in [1.807, 2.05) is 0 Å². The zero-order chi connectivity index (χ0) is 20.4. The van der Waals surface area contributed by atoms with Gasteiger partial charge in [-0.25, -0.2) is 0 Å². The van der Waals surface area contributed by atoms with E-state index in [1.54, 1.807) is 0 Å². The summed E-state index contributed by atoms with van der Waals surface area (Å²) in [5.74, 6) is -0.783. The third-order valence-corrected chi connectivity index (χ3v) is 3.34. The lowest BCUT2D eigenvalue weighted by Gasteiger charge is -2.18. The number of pyridine rings is 1. The van der Waals surface area contributed by atoms with Crippen LogP contribution < -0.4 is 26.3 Å². The van der Waals surface area contributed by atoms with Crippen molar-refractivity contribution in [3.63, 3.8) is 0 Å². The number of anilines is 2. The van der Waals surface area contributed by atoms with Crippen molar-refractivity contribution in [2.75, 3.05) is 11.1 Å². The van der Waals surface area contributed by atoms with Gasteiger partial charge < -0.3 is 26.3 Å². The van der Waals surface area contributed by atoms with E-state index in [0.29, 0.717) is 0 Å². The molecule has 0 unspecified atom stereocenters. The molecule has 1 heterocycles. The first-order chi connectivity index (χ1) is 12.3. The molecule has 0 aliphatic heterocycles. The van der Waals surface area contributed by atoms with Crippen molar-refractivity contribution in [2.24, 2.45) is 5.73 Å². The largest absolute Gasteiger partial charge is 0.573 e. The molecule has 1 aromatic heterocycles. The lowest BCUT2D eigenvalue weighted by molar-refractivity contribution is -0.274. The van der Waals surface area contributed by atoms with E-state index < -0.39 is 17.8 Å². The number of benzene rings is 1. The highest BCUT2D eigenvalue weighted by atomic mass is 19.4. The van der Waals surface area contributed by atoms with E-state index in [0.717, 1.165) is 6.07 Å². The number of nitrogens with zero attached hydrogens (tertiary/aromatic N) is 1. The second-order valence-electron chi connectivity index (χ2n) is 6.34. The Morgan fingerprint density at radius 2 is 1.85 bits per heavy atom. The molecule has 10 heteroatoms. The predicted molar refractivity (Wildman–Crippen MR) is 93.5 cm³/mol. The third-order valence-electron chi connectivity index (χ3n) is 3.34. The molecule has 27 heavy (non-hydrogen) atoms. The Hall–Kier alpha value is -3.01. The van der Waals surface area contributed by atoms with E-state index in [2.05, 4.69) is 15.0 Å². The Bertz CT molecular complexity index is 848. The van der Waals surface area contributed by atoms with Crippen LogP contribution in [0.1, 0.15) is 19.4 Å². The molecule has 0 aliphatic rings. The number of aromatic nitrogens is 1. The highest BCUT2D eigenvalue weighted by Gasteiger charge is 2.32. The van der Waals surface area contributed by atoms with Gasteiger partial charge >= 0.3 is 6.36 Å². The number of nitrogen functional groups attached to an aromatic ring is 1. The van der Waals surface area contributed by atoms with Crippen LogP contribution in [0.2, 0.25) is 0 Å². The van der Waals surface area contributed by atoms with Gasteiger partial charge in [0.1, 0.15) is 11.5 Å². The normalized spacial score (nSPS) is 11.8. The van der Waals surface area contributed by atoms with Crippen LogP contribution in [0.15, 0.2) is 30.3 Å². The lowest BCUT2D eigenvalue weighted by Crippen LogP contribution is -2.45. The molecule has 7 nitrogen and oxygen atoms in total. The molecule has 1 aromatic carbocycles. The minimum absolute atomic E-state index is 0.0271. The minimum Gasteiger partial charge on any atom is -0.439 e. The third kappa shape index (κ3) is 5.74. The Labute approximate surface area is 153 Å². The molecule has 0 radical (unpaired) electrons. The lowest BCUT2D eigenvalue weighted by atomic mass is 10.1. The summed E-state index contributed by atoms with van der Waals surface area (Å²) in [4.78, 5) is 15.9. The average Bonchev–Trinajstić information content (AvgIpc) is 2.51. The molecule has 0 saturated heterocycles. The Kier molecular flexibility index (Phi) is 5.50. The molecular weight excluding hydrogens is 365 g/mol. The van der Waals surface area contributed by atoms with Crippen molar-refractivity contribution >= 4 is 17.4 Å². The van der Waals surface area contributed by atoms with E-state index >= 15 is 0 Å². The molecular formula is C17H19F3N4O3. The van der Waals surface area contributed by atoms with Gasteiger partial charge in [-0.15, -0.1) is 13.2 Å². The number of halogens is 3. The van der Waals surface area contributed by atoms with Gasteiger partial charge in [0.15, 0.2) is 5.82 Å². The van der Waals surface area contributed by atoms with Gasteiger partial charge in [-0.05, 0) is 38.5 Å². The standard InChI is InChI=1S/C17H19F3N4O3/c1-9-4-5-10(8-12(9)27-17(18,19)20)26-13-7-6-11(14(21)24-13)23-15(25)16(2,3)22/h4-8H,22H2,1-3H3,(H2,21,24)(H,23,25). The number of aryl methyl sites for hydroxylation is 1. The molecule has 2 aromatic rings. The molecule has 5 N–H and O–H groups in total. The number of carbonyl (C=O) groups is 1. The first kappa shape index (κ1) is 20.3. The van der Waals surface area contributed by atoms with Crippen molar-refractivity contribution in [2.45, 2.75) is 32.7 Å². The summed E-state index contributed by atoms with van der Waals surface area (Å²) in [7, 11) is 0. The van der Waals surface area contributed by atoms with E-state index in [9.17, 15) is 18.0 Å². The SMILES string of the molecule is Cc1ccc(Oc2ccc(NC(=O)C(C)(C)N)c(N)n2)cc1OC(F)(F)F. The summed E-state index contributed by atoms with van der Waals surface area (Å²) in [6.45, 7) is 4.53. The highest BCUT2D eigenvalue weighted by Crippen LogP contribution is 2.32. The number of hydrogen-bond acceptors (Lipinski definition) is 6. The topological polar surface area (TPSA) is 112 Å². The number of carbonyl (C=O) groups excluding carboxylic acids is 1. The van der Waals surface area contributed by atoms with Crippen molar-refractivity contribution in [1.82, 2.24) is 4.98 Å². The van der Waals surface area contributed by atoms with Crippen LogP contribution in [0.3, 0.4) is 0 Å². The van der Waals surface area contributed by atoms with Gasteiger partial charge in [-0.3, -0.25) is 4.79 Å². The quantitative estimate of drug-likeness (QED) is 0.729. The molecule has 0 atom stereocenters. The maximum atomic E-state index is 12.4. The molecule has 0 fully saturated rings. The van der Waals surface area contributed by atoms with E-state index in [4.69, 9.17) is 16.2 Å². The maximum absolute atomic E-state index is 12.4. The summed E-state index contributed by atoms with van der Waals surface area (Å²) in [6, 6.07) is 6.82. The molecule has 0 aliphatic carbocycles. The highest BCUT2D eigenvalue weighted by molar-refractivity contribution is 5.99. The average molecular weight is 384 g/mol. The van der Waals surface area contributed by atoms with E-state index in [-0.39, 0.29) is 34.4 Å². The first-order valence-corrected chi connectivity index (χ1v) is 7.76. The van der Waals surface area contributed by atoms with Crippen LogP contribution in [-0.4, -0.2) is 22.8 Å². The number of nitrogens with one attached hydrogen (secondary N) is 1. The number of alkyl halides is 3. The van der Waals surface area contributed by atoms with Gasteiger partial charge in [0.2, 0.25) is 11.8 Å². The number of amides is 1. The van der Waals surface area contributed by atoms with Gasteiger partial charge in [0, 0.05) is 12.1 Å². The molecule has 2 rings (SSSR count). The van der Waals surface area contributed by atoms with Crippen LogP contribution >= 0.6 is 0 Å². The van der Waals surface area contributed by atoms with Gasteiger partial charge in [-0.2, -0.15) is 4.98 Å². The molecule has 0 saturated carbocycles. The number of ether oxygens (including phenoxy) is 2. The number of rotatable bonds is 5. The van der Waals surface area contributed by atoms with Crippen LogP contribution in [0.4, 0.5) is 24.7 Å². The minimum atomic E-state index is -4.82. The summed E-state index contributed by atoms with van der Waals surface area (Å²) in [5.41, 5.74) is 10.9. The Balaban J connectivity index is 2.18. The fraction of sp³-hybridized carbons (Fsp3) is 0.294. The van der Waals surface area contributed by atoms with Crippen molar-refractivity contribution in [1.29, 1.82) is 0 Å². The second kappa shape index (κ2) is 7.31. The van der Waals surface area contributed by atoms with E-state index in [1.165, 1.54) is 45.0 Å². The molecule has 1 amide bonds. The maximum Gasteiger partial charge on any atom is 0.573 e. The predicted octanol–water partition coefficient (Wildman–Crippen LogP) is 3.34. The van der Waals surface area contributed by atoms with Crippen LogP contribution in [-0.2, 0) is 4.79 Å². The van der Waals surface area contributed by atoms with Gasteiger partial charge in [0.05, 0.1) is 11.2 Å². The molecule has 0 spiro atoms. The number of nitrogens with two attached hydrogens (primary N) is 2. The zero-order valence-corrected chi connectivity index (χ0v) is 14.8. The van der Waals surface area contributed by atoms with Crippen molar-refractivity contribution in [3.05, 3.63) is 35.9 Å². The van der Waals surface area contributed by atoms with Gasteiger partial charge in [0.25, 0.3) is 0 Å². The van der Waals surface area contributed by atoms with Crippen molar-refractivity contribution in [3.8, 4) is 17.4 Å². The smallest absolute Gasteiger partial charge is 0.439 e. The Morgan fingerprint density at radius 1 is 1.19 bits per heavy atom. The number of hydrogen-bond donors (Lipinski definition) is 3. The summed E-state index contributed by atoms with van der Waals surface area (Å²) < 4.78 is 46.7. The fourth-order valence-corrected chi connectivity index (χ4v) is 1.90. The van der Waals surface area contributed by atoms with Crippen LogP contribution in [0.5, 0.6) is 17.4 Å². The first-order valence-electron chi connectivity index (χ1n) is 7.76. The van der Waals surface area contributed by atoms with Crippen LogP contribution in [0, 0.1) is 6.92 Å². The van der Waals surface area contributed by atoms with Crippen LogP contribution in [0.25, 0.3) is 0 Å². The monoisotopic (exact) mass is 384 g/mol. The molecule has 146 valence electrons. The summed E-state index contributed by atoms with van der Waals surface area (Å²) in [5, 5.41) is 2.53.